The van der Waals surface area contributed by atoms with E-state index in [0.717, 1.165) is 19.5 Å². The predicted molar refractivity (Wildman–Crippen MR) is 60.5 cm³/mol. The lowest BCUT2D eigenvalue weighted by atomic mass is 10.0. The third-order valence-corrected chi connectivity index (χ3v) is 2.92. The summed E-state index contributed by atoms with van der Waals surface area (Å²) in [6, 6.07) is 1.07. The first-order valence-electron chi connectivity index (χ1n) is 5.71. The summed E-state index contributed by atoms with van der Waals surface area (Å²) in [7, 11) is 0. The zero-order valence-electron chi connectivity index (χ0n) is 9.60. The summed E-state index contributed by atoms with van der Waals surface area (Å²) in [6.45, 7) is 1.60. The number of carbonyl (C=O) groups excluding carboxylic acids is 1. The molecule has 1 aromatic carbocycles. The van der Waals surface area contributed by atoms with E-state index in [1.54, 1.807) is 0 Å². The van der Waals surface area contributed by atoms with E-state index in [-0.39, 0.29) is 18.0 Å². The largest absolute Gasteiger partial charge is 0.323 e. The standard InChI is InChI=1S/C12H13F3N2O/c13-8-4-10(15)11(5-9(8)14)17-12(18)3-7-1-2-16-6-7/h4-5,7,16H,1-3,6H2,(H,17,18). The van der Waals surface area contributed by atoms with Gasteiger partial charge in [0.15, 0.2) is 11.6 Å². The highest BCUT2D eigenvalue weighted by atomic mass is 19.2. The molecule has 0 saturated carbocycles. The monoisotopic (exact) mass is 258 g/mol. The van der Waals surface area contributed by atoms with Crippen LogP contribution in [0.5, 0.6) is 0 Å². The first-order chi connectivity index (χ1) is 8.56. The predicted octanol–water partition coefficient (Wildman–Crippen LogP) is 2.04. The van der Waals surface area contributed by atoms with Gasteiger partial charge in [0.1, 0.15) is 5.82 Å². The molecule has 1 unspecified atom stereocenters. The normalized spacial score (nSPS) is 18.9. The fourth-order valence-electron chi connectivity index (χ4n) is 1.97. The van der Waals surface area contributed by atoms with Gasteiger partial charge >= 0.3 is 0 Å². The first-order valence-corrected chi connectivity index (χ1v) is 5.71. The quantitative estimate of drug-likeness (QED) is 0.815. The molecule has 1 aliphatic heterocycles. The zero-order valence-corrected chi connectivity index (χ0v) is 9.60. The Morgan fingerprint density at radius 2 is 2.00 bits per heavy atom. The molecule has 1 heterocycles. The van der Waals surface area contributed by atoms with Crippen molar-refractivity contribution < 1.29 is 18.0 Å². The van der Waals surface area contributed by atoms with Crippen LogP contribution in [-0.4, -0.2) is 19.0 Å². The molecule has 6 heteroatoms. The van der Waals surface area contributed by atoms with E-state index in [0.29, 0.717) is 12.1 Å². The molecule has 1 atom stereocenters. The van der Waals surface area contributed by atoms with Crippen molar-refractivity contribution in [2.45, 2.75) is 12.8 Å². The highest BCUT2D eigenvalue weighted by Crippen LogP contribution is 2.20. The summed E-state index contributed by atoms with van der Waals surface area (Å²) in [5.41, 5.74) is -0.329. The summed E-state index contributed by atoms with van der Waals surface area (Å²) in [5.74, 6) is -3.63. The van der Waals surface area contributed by atoms with Crippen molar-refractivity contribution >= 4 is 11.6 Å². The third kappa shape index (κ3) is 3.01. The Hall–Kier alpha value is -1.56. The number of rotatable bonds is 3. The maximum absolute atomic E-state index is 13.3. The molecule has 0 aliphatic carbocycles. The lowest BCUT2D eigenvalue weighted by Crippen LogP contribution is -2.19. The maximum atomic E-state index is 13.3. The van der Waals surface area contributed by atoms with Gasteiger partial charge in [-0.2, -0.15) is 0 Å². The number of anilines is 1. The number of halogens is 3. The Bertz CT molecular complexity index is 459. The van der Waals surface area contributed by atoms with Gasteiger partial charge in [-0.25, -0.2) is 13.2 Å². The van der Waals surface area contributed by atoms with E-state index in [1.165, 1.54) is 0 Å². The summed E-state index contributed by atoms with van der Waals surface area (Å²) in [4.78, 5) is 11.6. The second kappa shape index (κ2) is 5.39. The third-order valence-electron chi connectivity index (χ3n) is 2.92. The van der Waals surface area contributed by atoms with Gasteiger partial charge in [0.25, 0.3) is 0 Å². The van der Waals surface area contributed by atoms with Gasteiger partial charge in [0.2, 0.25) is 5.91 Å². The highest BCUT2D eigenvalue weighted by Gasteiger charge is 2.19. The Morgan fingerprint density at radius 3 is 2.67 bits per heavy atom. The maximum Gasteiger partial charge on any atom is 0.224 e. The van der Waals surface area contributed by atoms with Crippen LogP contribution in [-0.2, 0) is 4.79 Å². The smallest absolute Gasteiger partial charge is 0.224 e. The van der Waals surface area contributed by atoms with Crippen molar-refractivity contribution in [2.24, 2.45) is 5.92 Å². The van der Waals surface area contributed by atoms with Crippen LogP contribution in [0.25, 0.3) is 0 Å². The number of amides is 1. The molecule has 0 bridgehead atoms. The van der Waals surface area contributed by atoms with Gasteiger partial charge in [0.05, 0.1) is 5.69 Å². The molecule has 0 radical (unpaired) electrons. The zero-order chi connectivity index (χ0) is 13.1. The van der Waals surface area contributed by atoms with Gasteiger partial charge in [-0.1, -0.05) is 0 Å². The Balaban J connectivity index is 2.00. The number of nitrogens with one attached hydrogen (secondary N) is 2. The van der Waals surface area contributed by atoms with E-state index in [4.69, 9.17) is 0 Å². The Morgan fingerprint density at radius 1 is 1.28 bits per heavy atom. The second-order valence-electron chi connectivity index (χ2n) is 4.36. The highest BCUT2D eigenvalue weighted by molar-refractivity contribution is 5.91. The molecule has 2 rings (SSSR count). The molecule has 1 aromatic rings. The number of hydrogen-bond acceptors (Lipinski definition) is 2. The fraction of sp³-hybridized carbons (Fsp3) is 0.417. The van der Waals surface area contributed by atoms with Crippen molar-refractivity contribution in [1.82, 2.24) is 5.32 Å². The van der Waals surface area contributed by atoms with E-state index in [1.807, 2.05) is 0 Å². The van der Waals surface area contributed by atoms with Gasteiger partial charge in [-0.05, 0) is 25.4 Å². The van der Waals surface area contributed by atoms with Gasteiger partial charge in [-0.3, -0.25) is 4.79 Å². The van der Waals surface area contributed by atoms with E-state index in [9.17, 15) is 18.0 Å². The molecule has 1 saturated heterocycles. The molecule has 98 valence electrons. The van der Waals surface area contributed by atoms with Crippen LogP contribution in [0.4, 0.5) is 18.9 Å². The molecule has 18 heavy (non-hydrogen) atoms. The minimum Gasteiger partial charge on any atom is -0.323 e. The first kappa shape index (κ1) is 12.9. The number of hydrogen-bond donors (Lipinski definition) is 2. The van der Waals surface area contributed by atoms with Crippen molar-refractivity contribution in [2.75, 3.05) is 18.4 Å². The van der Waals surface area contributed by atoms with Crippen molar-refractivity contribution in [3.8, 4) is 0 Å². The van der Waals surface area contributed by atoms with Crippen LogP contribution in [0.3, 0.4) is 0 Å². The van der Waals surface area contributed by atoms with Crippen LogP contribution in [0.2, 0.25) is 0 Å². The average Bonchev–Trinajstić information content (AvgIpc) is 2.78. The minimum atomic E-state index is -1.27. The van der Waals surface area contributed by atoms with Crippen molar-refractivity contribution in [1.29, 1.82) is 0 Å². The lowest BCUT2D eigenvalue weighted by molar-refractivity contribution is -0.117. The molecule has 0 aromatic heterocycles. The van der Waals surface area contributed by atoms with Gasteiger partial charge in [-0.15, -0.1) is 0 Å². The van der Waals surface area contributed by atoms with Crippen LogP contribution in [0.15, 0.2) is 12.1 Å². The Kier molecular flexibility index (Phi) is 3.86. The molecule has 2 N–H and O–H groups in total. The average molecular weight is 258 g/mol. The molecule has 1 aliphatic rings. The van der Waals surface area contributed by atoms with Gasteiger partial charge < -0.3 is 10.6 Å². The topological polar surface area (TPSA) is 41.1 Å². The van der Waals surface area contributed by atoms with Gasteiger partial charge in [0, 0.05) is 18.6 Å². The van der Waals surface area contributed by atoms with Crippen molar-refractivity contribution in [3.63, 3.8) is 0 Å². The summed E-state index contributed by atoms with van der Waals surface area (Å²) >= 11 is 0. The van der Waals surface area contributed by atoms with Crippen LogP contribution >= 0.6 is 0 Å². The molecular formula is C12H13F3N2O. The number of carbonyl (C=O) groups is 1. The molecule has 1 fully saturated rings. The molecule has 3 nitrogen and oxygen atoms in total. The minimum absolute atomic E-state index is 0.207. The van der Waals surface area contributed by atoms with E-state index < -0.39 is 23.4 Å². The summed E-state index contributed by atoms with van der Waals surface area (Å²) in [5, 5.41) is 5.36. The molecule has 1 amide bonds. The molecular weight excluding hydrogens is 245 g/mol. The summed E-state index contributed by atoms with van der Waals surface area (Å²) in [6.07, 6.45) is 1.12. The second-order valence-corrected chi connectivity index (χ2v) is 4.36. The molecule has 0 spiro atoms. The van der Waals surface area contributed by atoms with E-state index in [2.05, 4.69) is 10.6 Å². The van der Waals surface area contributed by atoms with Crippen LogP contribution in [0.1, 0.15) is 12.8 Å². The van der Waals surface area contributed by atoms with Crippen LogP contribution < -0.4 is 10.6 Å². The lowest BCUT2D eigenvalue weighted by Gasteiger charge is -2.10. The SMILES string of the molecule is O=C(CC1CCNC1)Nc1cc(F)c(F)cc1F. The fourth-order valence-corrected chi connectivity index (χ4v) is 1.97. The van der Waals surface area contributed by atoms with Crippen molar-refractivity contribution in [3.05, 3.63) is 29.6 Å². The Labute approximate surface area is 102 Å². The number of benzene rings is 1. The van der Waals surface area contributed by atoms with Crippen LogP contribution in [0, 0.1) is 23.4 Å². The summed E-state index contributed by atoms with van der Waals surface area (Å²) < 4.78 is 38.9. The van der Waals surface area contributed by atoms with E-state index >= 15 is 0 Å².